The molecule has 0 saturated carbocycles. The molecule has 1 atom stereocenters. The third-order valence-corrected chi connectivity index (χ3v) is 8.27. The molecule has 1 heterocycles. The summed E-state index contributed by atoms with van der Waals surface area (Å²) in [5, 5.41) is 7.89. The second-order valence-corrected chi connectivity index (χ2v) is 11.2. The van der Waals surface area contributed by atoms with Gasteiger partial charge in [0, 0.05) is 19.6 Å². The molecule has 0 aliphatic carbocycles. The maximum atomic E-state index is 13.1. The number of primary sulfonamides is 1. The molecule has 1 amide bonds. The standard InChI is InChI=1S/C21H27N3O6S2/c1-15-12-19(9-10-20(15)30-2)32(28,29)24-11-3-4-17(14-24)21(25)23-13-16-5-7-18(8-6-16)31(22,26)27/h5-10,12,17H,3-4,11,13-14H2,1-2H3,(H,23,25)(H2,22,26,27)/t17-/m1/s1. The fourth-order valence-corrected chi connectivity index (χ4v) is 5.79. The maximum absolute atomic E-state index is 13.1. The zero-order valence-corrected chi connectivity index (χ0v) is 19.6. The van der Waals surface area contributed by atoms with Crippen LogP contribution in [0.15, 0.2) is 52.3 Å². The molecule has 2 aromatic carbocycles. The number of nitrogens with one attached hydrogen (secondary N) is 1. The van der Waals surface area contributed by atoms with Crippen molar-refractivity contribution >= 4 is 26.0 Å². The molecule has 2 aromatic rings. The topological polar surface area (TPSA) is 136 Å². The van der Waals surface area contributed by atoms with Crippen LogP contribution in [0.5, 0.6) is 5.75 Å². The number of carbonyl (C=O) groups excluding carboxylic acids is 1. The number of piperidine rings is 1. The lowest BCUT2D eigenvalue weighted by Gasteiger charge is -2.31. The van der Waals surface area contributed by atoms with Crippen molar-refractivity contribution in [1.82, 2.24) is 9.62 Å². The van der Waals surface area contributed by atoms with Gasteiger partial charge in [0.25, 0.3) is 0 Å². The van der Waals surface area contributed by atoms with Gasteiger partial charge in [-0.05, 0) is 61.2 Å². The summed E-state index contributed by atoms with van der Waals surface area (Å²) < 4.78 is 55.4. The Morgan fingerprint density at radius 2 is 1.78 bits per heavy atom. The summed E-state index contributed by atoms with van der Waals surface area (Å²) in [4.78, 5) is 12.8. The number of hydrogen-bond acceptors (Lipinski definition) is 6. The average Bonchev–Trinajstić information content (AvgIpc) is 2.77. The minimum atomic E-state index is -3.77. The molecule has 1 saturated heterocycles. The molecule has 0 bridgehead atoms. The van der Waals surface area contributed by atoms with Crippen LogP contribution in [0.3, 0.4) is 0 Å². The normalized spacial score (nSPS) is 17.7. The highest BCUT2D eigenvalue weighted by Gasteiger charge is 2.33. The van der Waals surface area contributed by atoms with E-state index in [1.807, 2.05) is 0 Å². The first kappa shape index (κ1) is 24.2. The van der Waals surface area contributed by atoms with Crippen molar-refractivity contribution in [1.29, 1.82) is 0 Å². The summed E-state index contributed by atoms with van der Waals surface area (Å²) in [6, 6.07) is 10.6. The number of nitrogens with two attached hydrogens (primary N) is 1. The monoisotopic (exact) mass is 481 g/mol. The van der Waals surface area contributed by atoms with Crippen LogP contribution in [-0.4, -0.2) is 47.2 Å². The molecule has 11 heteroatoms. The van der Waals surface area contributed by atoms with E-state index in [2.05, 4.69) is 5.32 Å². The lowest BCUT2D eigenvalue weighted by molar-refractivity contribution is -0.126. The Bertz CT molecular complexity index is 1190. The van der Waals surface area contributed by atoms with E-state index in [1.165, 1.54) is 29.6 Å². The maximum Gasteiger partial charge on any atom is 0.243 e. The Balaban J connectivity index is 1.64. The van der Waals surface area contributed by atoms with E-state index in [0.29, 0.717) is 36.3 Å². The van der Waals surface area contributed by atoms with Gasteiger partial charge in [-0.3, -0.25) is 4.79 Å². The Morgan fingerprint density at radius 3 is 2.38 bits per heavy atom. The van der Waals surface area contributed by atoms with Crippen LogP contribution in [0.1, 0.15) is 24.0 Å². The van der Waals surface area contributed by atoms with Crippen molar-refractivity contribution in [2.24, 2.45) is 11.1 Å². The van der Waals surface area contributed by atoms with Gasteiger partial charge in [0.2, 0.25) is 26.0 Å². The molecule has 0 spiro atoms. The summed E-state index contributed by atoms with van der Waals surface area (Å²) in [7, 11) is -5.98. The largest absolute Gasteiger partial charge is 0.496 e. The second-order valence-electron chi connectivity index (χ2n) is 7.74. The van der Waals surface area contributed by atoms with E-state index in [9.17, 15) is 21.6 Å². The molecular weight excluding hydrogens is 454 g/mol. The van der Waals surface area contributed by atoms with E-state index in [4.69, 9.17) is 9.88 Å². The Kier molecular flexibility index (Phi) is 7.23. The zero-order valence-electron chi connectivity index (χ0n) is 17.9. The Morgan fingerprint density at radius 1 is 1.12 bits per heavy atom. The third kappa shape index (κ3) is 5.47. The smallest absolute Gasteiger partial charge is 0.243 e. The number of rotatable bonds is 7. The number of hydrogen-bond donors (Lipinski definition) is 2. The first-order valence-corrected chi connectivity index (χ1v) is 13.1. The zero-order chi connectivity index (χ0) is 23.5. The molecule has 0 radical (unpaired) electrons. The fourth-order valence-electron chi connectivity index (χ4n) is 3.67. The highest BCUT2D eigenvalue weighted by molar-refractivity contribution is 7.89. The van der Waals surface area contributed by atoms with Crippen molar-refractivity contribution in [2.45, 2.75) is 36.1 Å². The molecule has 0 aromatic heterocycles. The summed E-state index contributed by atoms with van der Waals surface area (Å²) in [6.07, 6.45) is 1.17. The number of aryl methyl sites for hydroxylation is 1. The Hall–Kier alpha value is -2.47. The first-order chi connectivity index (χ1) is 15.0. The molecule has 9 nitrogen and oxygen atoms in total. The summed E-state index contributed by atoms with van der Waals surface area (Å²) >= 11 is 0. The third-order valence-electron chi connectivity index (χ3n) is 5.48. The average molecular weight is 482 g/mol. The number of benzene rings is 2. The van der Waals surface area contributed by atoms with Crippen LogP contribution in [0.4, 0.5) is 0 Å². The summed E-state index contributed by atoms with van der Waals surface area (Å²) in [5.41, 5.74) is 1.42. The first-order valence-electron chi connectivity index (χ1n) is 10.1. The van der Waals surface area contributed by atoms with Crippen molar-refractivity contribution in [3.05, 3.63) is 53.6 Å². The van der Waals surface area contributed by atoms with Gasteiger partial charge in [0.05, 0.1) is 22.8 Å². The van der Waals surface area contributed by atoms with E-state index in [0.717, 1.165) is 0 Å². The van der Waals surface area contributed by atoms with Crippen molar-refractivity contribution in [3.8, 4) is 5.75 Å². The van der Waals surface area contributed by atoms with Crippen LogP contribution in [0.25, 0.3) is 0 Å². The molecular formula is C21H27N3O6S2. The van der Waals surface area contributed by atoms with E-state index < -0.39 is 26.0 Å². The van der Waals surface area contributed by atoms with Crippen molar-refractivity contribution in [3.63, 3.8) is 0 Å². The van der Waals surface area contributed by atoms with E-state index in [-0.39, 0.29) is 28.8 Å². The lowest BCUT2D eigenvalue weighted by atomic mass is 9.99. The molecule has 174 valence electrons. The van der Waals surface area contributed by atoms with Gasteiger partial charge >= 0.3 is 0 Å². The quantitative estimate of drug-likeness (QED) is 0.613. The summed E-state index contributed by atoms with van der Waals surface area (Å²) in [5.74, 6) is -0.107. The van der Waals surface area contributed by atoms with Gasteiger partial charge in [0.1, 0.15) is 5.75 Å². The number of methoxy groups -OCH3 is 1. The van der Waals surface area contributed by atoms with Gasteiger partial charge in [-0.2, -0.15) is 4.31 Å². The van der Waals surface area contributed by atoms with Gasteiger partial charge < -0.3 is 10.1 Å². The highest BCUT2D eigenvalue weighted by atomic mass is 32.2. The minimum absolute atomic E-state index is 0.00512. The van der Waals surface area contributed by atoms with Crippen LogP contribution in [0, 0.1) is 12.8 Å². The van der Waals surface area contributed by atoms with Crippen molar-refractivity contribution < 1.29 is 26.4 Å². The highest BCUT2D eigenvalue weighted by Crippen LogP contribution is 2.27. The molecule has 1 aliphatic heterocycles. The number of amides is 1. The van der Waals surface area contributed by atoms with Gasteiger partial charge in [0.15, 0.2) is 0 Å². The molecule has 1 fully saturated rings. The number of sulfonamides is 2. The van der Waals surface area contributed by atoms with Crippen LogP contribution >= 0.6 is 0 Å². The second kappa shape index (κ2) is 9.57. The number of carbonyl (C=O) groups is 1. The lowest BCUT2D eigenvalue weighted by Crippen LogP contribution is -2.45. The SMILES string of the molecule is COc1ccc(S(=O)(=O)N2CCC[C@@H](C(=O)NCc3ccc(S(N)(=O)=O)cc3)C2)cc1C. The fraction of sp³-hybridized carbons (Fsp3) is 0.381. The Labute approximate surface area is 188 Å². The van der Waals surface area contributed by atoms with E-state index in [1.54, 1.807) is 31.2 Å². The summed E-state index contributed by atoms with van der Waals surface area (Å²) in [6.45, 7) is 2.43. The molecule has 32 heavy (non-hydrogen) atoms. The van der Waals surface area contributed by atoms with Gasteiger partial charge in [-0.25, -0.2) is 22.0 Å². The number of nitrogens with zero attached hydrogens (tertiary/aromatic N) is 1. The van der Waals surface area contributed by atoms with Gasteiger partial charge in [-0.1, -0.05) is 12.1 Å². The van der Waals surface area contributed by atoms with Crippen LogP contribution in [-0.2, 0) is 31.4 Å². The molecule has 3 rings (SSSR count). The van der Waals surface area contributed by atoms with Crippen LogP contribution < -0.4 is 15.2 Å². The predicted molar refractivity (Wildman–Crippen MR) is 119 cm³/mol. The van der Waals surface area contributed by atoms with Crippen LogP contribution in [0.2, 0.25) is 0 Å². The van der Waals surface area contributed by atoms with Gasteiger partial charge in [-0.15, -0.1) is 0 Å². The predicted octanol–water partition coefficient (Wildman–Crippen LogP) is 1.37. The minimum Gasteiger partial charge on any atom is -0.496 e. The molecule has 3 N–H and O–H groups in total. The molecule has 0 unspecified atom stereocenters. The molecule has 1 aliphatic rings. The van der Waals surface area contributed by atoms with E-state index >= 15 is 0 Å². The number of ether oxygens (including phenoxy) is 1. The van der Waals surface area contributed by atoms with Crippen molar-refractivity contribution in [2.75, 3.05) is 20.2 Å².